The van der Waals surface area contributed by atoms with Crippen molar-refractivity contribution in [3.05, 3.63) is 0 Å². The Bertz CT molecular complexity index is 115. The summed E-state index contributed by atoms with van der Waals surface area (Å²) in [7, 11) is 0. The van der Waals surface area contributed by atoms with E-state index in [0.29, 0.717) is 0 Å². The lowest BCUT2D eigenvalue weighted by Gasteiger charge is -2.34. The molecule has 0 atom stereocenters. The van der Waals surface area contributed by atoms with Crippen LogP contribution in [0.1, 0.15) is 28.2 Å². The van der Waals surface area contributed by atoms with Crippen molar-refractivity contribution in [1.29, 1.82) is 0 Å². The number of piperazine rings is 1. The smallest absolute Gasteiger partial charge is 0.0110 e. The van der Waals surface area contributed by atoms with Gasteiger partial charge in [0, 0.05) is 32.7 Å². The Balaban J connectivity index is 0.00000144. The largest absolute Gasteiger partial charge is 0.301 e. The molecule has 0 aromatic heterocycles. The first-order valence-electron chi connectivity index (χ1n) is 5.17. The molecule has 1 fully saturated rings. The fraction of sp³-hybridized carbons (Fsp3) is 1.00. The molecule has 0 radical (unpaired) electrons. The highest BCUT2D eigenvalue weighted by atomic mass is 15.3. The normalized spacial score (nSPS) is 20.3. The van der Waals surface area contributed by atoms with Crippen LogP contribution in [-0.4, -0.2) is 49.1 Å². The minimum atomic E-state index is 0. The zero-order valence-electron chi connectivity index (χ0n) is 8.71. The number of hydrogen-bond donors (Lipinski definition) is 0. The van der Waals surface area contributed by atoms with Crippen LogP contribution in [-0.2, 0) is 0 Å². The van der Waals surface area contributed by atoms with Gasteiger partial charge in [-0.15, -0.1) is 0 Å². The Labute approximate surface area is 83.9 Å². The van der Waals surface area contributed by atoms with Gasteiger partial charge in [-0.05, 0) is 12.5 Å². The molecular formula is C11H26N2. The Morgan fingerprint density at radius 3 is 1.85 bits per heavy atom. The van der Waals surface area contributed by atoms with Crippen molar-refractivity contribution >= 4 is 0 Å². The van der Waals surface area contributed by atoms with E-state index < -0.39 is 0 Å². The molecule has 2 nitrogen and oxygen atoms in total. The predicted molar refractivity (Wildman–Crippen MR) is 60.1 cm³/mol. The lowest BCUT2D eigenvalue weighted by atomic mass is 10.2. The standard InChI is InChI=1S/C10H22N2.CH4/c1-4-11-5-7-12(8-6-11)9-10(2)3;/h10H,4-9H2,1-3H3;1H4. The van der Waals surface area contributed by atoms with Crippen LogP contribution in [0, 0.1) is 5.92 Å². The van der Waals surface area contributed by atoms with Gasteiger partial charge in [0.15, 0.2) is 0 Å². The minimum Gasteiger partial charge on any atom is -0.301 e. The second kappa shape index (κ2) is 6.39. The van der Waals surface area contributed by atoms with E-state index in [0.717, 1.165) is 5.92 Å². The first kappa shape index (κ1) is 12.9. The van der Waals surface area contributed by atoms with Crippen LogP contribution in [0.3, 0.4) is 0 Å². The van der Waals surface area contributed by atoms with Crippen molar-refractivity contribution in [1.82, 2.24) is 9.80 Å². The van der Waals surface area contributed by atoms with Crippen LogP contribution in [0.5, 0.6) is 0 Å². The van der Waals surface area contributed by atoms with E-state index in [1.165, 1.54) is 39.3 Å². The van der Waals surface area contributed by atoms with Gasteiger partial charge in [-0.3, -0.25) is 0 Å². The maximum Gasteiger partial charge on any atom is 0.0110 e. The van der Waals surface area contributed by atoms with Crippen molar-refractivity contribution in [2.45, 2.75) is 28.2 Å². The van der Waals surface area contributed by atoms with Gasteiger partial charge in [0.25, 0.3) is 0 Å². The second-order valence-electron chi connectivity index (χ2n) is 4.13. The number of nitrogens with zero attached hydrogens (tertiary/aromatic N) is 2. The van der Waals surface area contributed by atoms with Crippen molar-refractivity contribution in [3.63, 3.8) is 0 Å². The molecule has 1 saturated heterocycles. The van der Waals surface area contributed by atoms with E-state index in [9.17, 15) is 0 Å². The zero-order valence-corrected chi connectivity index (χ0v) is 8.71. The third-order valence-corrected chi connectivity index (χ3v) is 2.54. The van der Waals surface area contributed by atoms with Crippen LogP contribution in [0.4, 0.5) is 0 Å². The molecule has 0 aromatic rings. The molecule has 13 heavy (non-hydrogen) atoms. The molecule has 0 amide bonds. The molecule has 2 heteroatoms. The van der Waals surface area contributed by atoms with Crippen molar-refractivity contribution < 1.29 is 0 Å². The first-order valence-corrected chi connectivity index (χ1v) is 5.17. The van der Waals surface area contributed by atoms with Gasteiger partial charge in [0.2, 0.25) is 0 Å². The van der Waals surface area contributed by atoms with Gasteiger partial charge >= 0.3 is 0 Å². The summed E-state index contributed by atoms with van der Waals surface area (Å²) in [6.07, 6.45) is 0. The van der Waals surface area contributed by atoms with Crippen molar-refractivity contribution in [3.8, 4) is 0 Å². The molecule has 1 heterocycles. The molecule has 1 rings (SSSR count). The third-order valence-electron chi connectivity index (χ3n) is 2.54. The van der Waals surface area contributed by atoms with Gasteiger partial charge in [0.05, 0.1) is 0 Å². The van der Waals surface area contributed by atoms with Crippen molar-refractivity contribution in [2.24, 2.45) is 5.92 Å². The zero-order chi connectivity index (χ0) is 8.97. The highest BCUT2D eigenvalue weighted by Gasteiger charge is 2.15. The quantitative estimate of drug-likeness (QED) is 0.664. The van der Waals surface area contributed by atoms with E-state index in [2.05, 4.69) is 30.6 Å². The Morgan fingerprint density at radius 2 is 1.46 bits per heavy atom. The molecular weight excluding hydrogens is 160 g/mol. The van der Waals surface area contributed by atoms with Gasteiger partial charge in [-0.25, -0.2) is 0 Å². The average Bonchev–Trinajstić information content (AvgIpc) is 2.05. The molecule has 0 saturated carbocycles. The summed E-state index contributed by atoms with van der Waals surface area (Å²) in [6.45, 7) is 14.4. The second-order valence-corrected chi connectivity index (χ2v) is 4.13. The van der Waals surface area contributed by atoms with Crippen LogP contribution in [0.15, 0.2) is 0 Å². The van der Waals surface area contributed by atoms with Gasteiger partial charge < -0.3 is 9.80 Å². The predicted octanol–water partition coefficient (Wildman–Crippen LogP) is 1.92. The highest BCUT2D eigenvalue weighted by molar-refractivity contribution is 4.71. The molecule has 0 N–H and O–H groups in total. The summed E-state index contributed by atoms with van der Waals surface area (Å²) in [6, 6.07) is 0. The topological polar surface area (TPSA) is 6.48 Å². The van der Waals surface area contributed by atoms with Gasteiger partial charge in [-0.2, -0.15) is 0 Å². The lowest BCUT2D eigenvalue weighted by Crippen LogP contribution is -2.47. The number of hydrogen-bond acceptors (Lipinski definition) is 2. The maximum absolute atomic E-state index is 2.58. The molecule has 0 aliphatic carbocycles. The van der Waals surface area contributed by atoms with Crippen LogP contribution in [0.25, 0.3) is 0 Å². The summed E-state index contributed by atoms with van der Waals surface area (Å²) in [4.78, 5) is 5.10. The van der Waals surface area contributed by atoms with Crippen LogP contribution < -0.4 is 0 Å². The highest BCUT2D eigenvalue weighted by Crippen LogP contribution is 2.04. The SMILES string of the molecule is C.CCN1CCN(CC(C)C)CC1. The summed E-state index contributed by atoms with van der Waals surface area (Å²) < 4.78 is 0. The van der Waals surface area contributed by atoms with Crippen LogP contribution in [0.2, 0.25) is 0 Å². The number of rotatable bonds is 3. The van der Waals surface area contributed by atoms with Gasteiger partial charge in [0.1, 0.15) is 0 Å². The van der Waals surface area contributed by atoms with E-state index in [1.807, 2.05) is 0 Å². The summed E-state index contributed by atoms with van der Waals surface area (Å²) in [5.74, 6) is 0.818. The minimum absolute atomic E-state index is 0. The molecule has 0 bridgehead atoms. The molecule has 80 valence electrons. The van der Waals surface area contributed by atoms with E-state index >= 15 is 0 Å². The fourth-order valence-corrected chi connectivity index (χ4v) is 1.80. The monoisotopic (exact) mass is 186 g/mol. The Hall–Kier alpha value is -0.0800. The maximum atomic E-state index is 2.58. The van der Waals surface area contributed by atoms with Crippen LogP contribution >= 0.6 is 0 Å². The van der Waals surface area contributed by atoms with E-state index in [-0.39, 0.29) is 7.43 Å². The summed E-state index contributed by atoms with van der Waals surface area (Å²) >= 11 is 0. The molecule has 0 unspecified atom stereocenters. The molecule has 1 aliphatic rings. The molecule has 0 aromatic carbocycles. The fourth-order valence-electron chi connectivity index (χ4n) is 1.80. The summed E-state index contributed by atoms with van der Waals surface area (Å²) in [5.41, 5.74) is 0. The van der Waals surface area contributed by atoms with Crippen molar-refractivity contribution in [2.75, 3.05) is 39.3 Å². The Morgan fingerprint density at radius 1 is 1.00 bits per heavy atom. The molecule has 0 spiro atoms. The first-order chi connectivity index (χ1) is 5.72. The average molecular weight is 186 g/mol. The third kappa shape index (κ3) is 4.63. The number of likely N-dealkylation sites (N-methyl/N-ethyl adjacent to an activating group) is 1. The van der Waals surface area contributed by atoms with Gasteiger partial charge in [-0.1, -0.05) is 28.2 Å². The summed E-state index contributed by atoms with van der Waals surface area (Å²) in [5, 5.41) is 0. The van der Waals surface area contributed by atoms with E-state index in [1.54, 1.807) is 0 Å². The Kier molecular flexibility index (Phi) is 6.35. The molecule has 1 aliphatic heterocycles. The lowest BCUT2D eigenvalue weighted by molar-refractivity contribution is 0.127. The van der Waals surface area contributed by atoms with E-state index in [4.69, 9.17) is 0 Å².